The molecule has 0 amide bonds. The molecule has 6 heteroatoms. The zero-order chi connectivity index (χ0) is 17.2. The Hall–Kier alpha value is -2.91. The summed E-state index contributed by atoms with van der Waals surface area (Å²) in [5, 5.41) is 9.21. The Balaban J connectivity index is 1.43. The van der Waals surface area contributed by atoms with Crippen molar-refractivity contribution in [2.45, 2.75) is 6.54 Å². The first-order valence-electron chi connectivity index (χ1n) is 8.33. The molecule has 0 saturated carbocycles. The fourth-order valence-corrected chi connectivity index (χ4v) is 3.33. The van der Waals surface area contributed by atoms with Gasteiger partial charge in [-0.05, 0) is 24.3 Å². The summed E-state index contributed by atoms with van der Waals surface area (Å²) < 4.78 is 15.8. The number of hydrogen-bond acceptors (Lipinski definition) is 4. The van der Waals surface area contributed by atoms with Crippen LogP contribution in [-0.4, -0.2) is 40.5 Å². The molecule has 0 aliphatic carbocycles. The summed E-state index contributed by atoms with van der Waals surface area (Å²) in [6.07, 6.45) is 4.05. The number of nitriles is 1. The Labute approximate surface area is 145 Å². The van der Waals surface area contributed by atoms with Crippen LogP contribution in [0.15, 0.2) is 48.8 Å². The zero-order valence-electron chi connectivity index (χ0n) is 13.8. The average molecular weight is 335 g/mol. The summed E-state index contributed by atoms with van der Waals surface area (Å²) >= 11 is 0. The van der Waals surface area contributed by atoms with Crippen LogP contribution in [0.4, 0.5) is 10.1 Å². The molecule has 0 bridgehead atoms. The van der Waals surface area contributed by atoms with Crippen LogP contribution in [0.3, 0.4) is 0 Å². The smallest absolute Gasteiger partial charge is 0.143 e. The molecule has 0 radical (unpaired) electrons. The van der Waals surface area contributed by atoms with E-state index in [0.29, 0.717) is 5.69 Å². The lowest BCUT2D eigenvalue weighted by molar-refractivity contribution is 0.247. The second-order valence-electron chi connectivity index (χ2n) is 6.21. The second kappa shape index (κ2) is 6.54. The number of halogens is 1. The number of fused-ring (bicyclic) bond motifs is 1. The van der Waals surface area contributed by atoms with Crippen LogP contribution in [0.1, 0.15) is 11.3 Å². The molecule has 126 valence electrons. The Morgan fingerprint density at radius 2 is 1.92 bits per heavy atom. The number of imidazole rings is 1. The molecule has 0 N–H and O–H groups in total. The maximum Gasteiger partial charge on any atom is 0.143 e. The normalized spacial score (nSPS) is 15.4. The third-order valence-electron chi connectivity index (χ3n) is 4.62. The molecule has 1 fully saturated rings. The molecule has 1 aliphatic heterocycles. The van der Waals surface area contributed by atoms with E-state index in [1.165, 1.54) is 6.07 Å². The van der Waals surface area contributed by atoms with E-state index in [2.05, 4.69) is 21.0 Å². The summed E-state index contributed by atoms with van der Waals surface area (Å²) in [6, 6.07) is 12.8. The highest BCUT2D eigenvalue weighted by molar-refractivity contribution is 5.60. The molecular weight excluding hydrogens is 317 g/mol. The molecule has 0 spiro atoms. The van der Waals surface area contributed by atoms with Crippen molar-refractivity contribution >= 4 is 11.3 Å². The van der Waals surface area contributed by atoms with E-state index in [1.807, 2.05) is 40.9 Å². The molecule has 25 heavy (non-hydrogen) atoms. The first-order chi connectivity index (χ1) is 12.2. The van der Waals surface area contributed by atoms with E-state index in [-0.39, 0.29) is 5.56 Å². The van der Waals surface area contributed by atoms with Crippen LogP contribution >= 0.6 is 0 Å². The minimum absolute atomic E-state index is 0.135. The zero-order valence-corrected chi connectivity index (χ0v) is 13.8. The third kappa shape index (κ3) is 3.06. The fourth-order valence-electron chi connectivity index (χ4n) is 3.33. The Morgan fingerprint density at radius 1 is 1.08 bits per heavy atom. The van der Waals surface area contributed by atoms with Crippen LogP contribution in [0.25, 0.3) is 5.65 Å². The Bertz CT molecular complexity index is 901. The summed E-state index contributed by atoms with van der Waals surface area (Å²) in [5.74, 6) is -0.452. The number of nitrogens with zero attached hydrogens (tertiary/aromatic N) is 5. The first-order valence-corrected chi connectivity index (χ1v) is 8.33. The van der Waals surface area contributed by atoms with Gasteiger partial charge in [-0.15, -0.1) is 0 Å². The van der Waals surface area contributed by atoms with Crippen LogP contribution in [0.5, 0.6) is 0 Å². The SMILES string of the molecule is N#Cc1c(F)cccc1N1CCN(Cc2cn3ccccc3n2)CC1. The molecule has 0 atom stereocenters. The lowest BCUT2D eigenvalue weighted by atomic mass is 10.1. The summed E-state index contributed by atoms with van der Waals surface area (Å²) in [7, 11) is 0. The minimum Gasteiger partial charge on any atom is -0.368 e. The maximum absolute atomic E-state index is 13.8. The van der Waals surface area contributed by atoms with Crippen molar-refractivity contribution in [2.24, 2.45) is 0 Å². The highest BCUT2D eigenvalue weighted by Crippen LogP contribution is 2.24. The monoisotopic (exact) mass is 335 g/mol. The highest BCUT2D eigenvalue weighted by atomic mass is 19.1. The molecule has 2 aromatic heterocycles. The second-order valence-corrected chi connectivity index (χ2v) is 6.21. The molecule has 5 nitrogen and oxygen atoms in total. The van der Waals surface area contributed by atoms with Crippen molar-refractivity contribution in [3.05, 3.63) is 65.9 Å². The quantitative estimate of drug-likeness (QED) is 0.738. The van der Waals surface area contributed by atoms with Gasteiger partial charge in [-0.1, -0.05) is 12.1 Å². The van der Waals surface area contributed by atoms with Gasteiger partial charge in [0.05, 0.1) is 11.4 Å². The first kappa shape index (κ1) is 15.6. The number of benzene rings is 1. The number of rotatable bonds is 3. The van der Waals surface area contributed by atoms with E-state index in [4.69, 9.17) is 0 Å². The number of pyridine rings is 1. The average Bonchev–Trinajstić information content (AvgIpc) is 3.04. The van der Waals surface area contributed by atoms with E-state index in [1.54, 1.807) is 6.07 Å². The van der Waals surface area contributed by atoms with Crippen LogP contribution < -0.4 is 4.90 Å². The summed E-state index contributed by atoms with van der Waals surface area (Å²) in [4.78, 5) is 9.06. The van der Waals surface area contributed by atoms with Gasteiger partial charge >= 0.3 is 0 Å². The van der Waals surface area contributed by atoms with Gasteiger partial charge in [0.1, 0.15) is 23.1 Å². The lowest BCUT2D eigenvalue weighted by Gasteiger charge is -2.36. The number of hydrogen-bond donors (Lipinski definition) is 0. The minimum atomic E-state index is -0.452. The van der Waals surface area contributed by atoms with Crippen molar-refractivity contribution in [1.82, 2.24) is 14.3 Å². The topological polar surface area (TPSA) is 47.6 Å². The van der Waals surface area contributed by atoms with E-state index >= 15 is 0 Å². The van der Waals surface area contributed by atoms with Gasteiger partial charge in [0.15, 0.2) is 0 Å². The van der Waals surface area contributed by atoms with Crippen LogP contribution in [0, 0.1) is 17.1 Å². The molecule has 4 rings (SSSR count). The number of aromatic nitrogens is 2. The van der Waals surface area contributed by atoms with Crippen molar-refractivity contribution in [3.8, 4) is 6.07 Å². The van der Waals surface area contributed by atoms with Gasteiger partial charge < -0.3 is 9.30 Å². The van der Waals surface area contributed by atoms with Gasteiger partial charge in [0.2, 0.25) is 0 Å². The summed E-state index contributed by atoms with van der Waals surface area (Å²) in [5.41, 5.74) is 2.82. The maximum atomic E-state index is 13.8. The van der Waals surface area contributed by atoms with Crippen molar-refractivity contribution in [1.29, 1.82) is 5.26 Å². The third-order valence-corrected chi connectivity index (χ3v) is 4.62. The number of anilines is 1. The molecule has 3 aromatic rings. The van der Waals surface area contributed by atoms with Gasteiger partial charge in [0.25, 0.3) is 0 Å². The molecule has 0 unspecified atom stereocenters. The molecule has 1 aliphatic rings. The molecule has 1 aromatic carbocycles. The largest absolute Gasteiger partial charge is 0.368 e. The van der Waals surface area contributed by atoms with Gasteiger partial charge in [-0.3, -0.25) is 4.90 Å². The van der Waals surface area contributed by atoms with E-state index < -0.39 is 5.82 Å². The molecular formula is C19H18FN5. The van der Waals surface area contributed by atoms with Crippen molar-refractivity contribution in [2.75, 3.05) is 31.1 Å². The van der Waals surface area contributed by atoms with Crippen LogP contribution in [0.2, 0.25) is 0 Å². The predicted octanol–water partition coefficient (Wildman–Crippen LogP) is 2.67. The Kier molecular flexibility index (Phi) is 4.08. The Morgan fingerprint density at radius 3 is 2.68 bits per heavy atom. The van der Waals surface area contributed by atoms with Crippen molar-refractivity contribution < 1.29 is 4.39 Å². The van der Waals surface area contributed by atoms with Crippen molar-refractivity contribution in [3.63, 3.8) is 0 Å². The lowest BCUT2D eigenvalue weighted by Crippen LogP contribution is -2.46. The van der Waals surface area contributed by atoms with E-state index in [0.717, 1.165) is 44.1 Å². The van der Waals surface area contributed by atoms with Gasteiger partial charge in [-0.2, -0.15) is 5.26 Å². The molecule has 1 saturated heterocycles. The fraction of sp³-hybridized carbons (Fsp3) is 0.263. The van der Waals surface area contributed by atoms with Gasteiger partial charge in [-0.25, -0.2) is 9.37 Å². The predicted molar refractivity (Wildman–Crippen MR) is 93.8 cm³/mol. The highest BCUT2D eigenvalue weighted by Gasteiger charge is 2.21. The number of piperazine rings is 1. The standard InChI is InChI=1S/C19H18FN5/c20-17-4-3-5-18(16(17)12-21)24-10-8-23(9-11-24)13-15-14-25-7-2-1-6-19(25)22-15/h1-7,14H,8-11,13H2. The van der Waals surface area contributed by atoms with E-state index in [9.17, 15) is 9.65 Å². The molecule has 3 heterocycles. The summed E-state index contributed by atoms with van der Waals surface area (Å²) in [6.45, 7) is 4.05. The van der Waals surface area contributed by atoms with Crippen LogP contribution in [-0.2, 0) is 6.54 Å². The van der Waals surface area contributed by atoms with Gasteiger partial charge in [0, 0.05) is 45.1 Å².